The second-order valence-electron chi connectivity index (χ2n) is 7.62. The lowest BCUT2D eigenvalue weighted by molar-refractivity contribution is 0.321. The molecule has 0 amide bonds. The molecule has 2 aromatic heterocycles. The Balaban J connectivity index is 2.00. The minimum absolute atomic E-state index is 0.0712. The lowest BCUT2D eigenvalue weighted by Gasteiger charge is -2.28. The van der Waals surface area contributed by atoms with Crippen LogP contribution in [0.3, 0.4) is 0 Å². The minimum Gasteiger partial charge on any atom is -0.493 e. The Morgan fingerprint density at radius 3 is 2.53 bits per heavy atom. The third kappa shape index (κ3) is 3.69. The summed E-state index contributed by atoms with van der Waals surface area (Å²) in [5.74, 6) is 0.494. The van der Waals surface area contributed by atoms with E-state index in [0.29, 0.717) is 28.5 Å². The SMILES string of the molecule is COc1ccc(C2C(C#N)=C(N)Oc3cc(C)n(Cc4ccccn4)c(=O)c32)c(OC)c1OC. The number of fused-ring (bicyclic) bond motifs is 1. The second kappa shape index (κ2) is 9.19. The fourth-order valence-electron chi connectivity index (χ4n) is 4.20. The Hall–Kier alpha value is -4.45. The molecule has 3 heterocycles. The lowest BCUT2D eigenvalue weighted by atomic mass is 9.83. The summed E-state index contributed by atoms with van der Waals surface area (Å²) in [6.07, 6.45) is 1.67. The molecule has 2 N–H and O–H groups in total. The molecule has 0 fully saturated rings. The third-order valence-electron chi connectivity index (χ3n) is 5.78. The summed E-state index contributed by atoms with van der Waals surface area (Å²) in [6, 6.07) is 12.8. The summed E-state index contributed by atoms with van der Waals surface area (Å²) in [5.41, 5.74) is 8.10. The standard InChI is InChI=1S/C25H24N4O5/c1-14-11-19-21(25(30)29(14)13-15-7-5-6-10-28-15)20(17(12-26)24(27)34-19)16-8-9-18(31-2)23(33-4)22(16)32-3/h5-11,20H,13,27H2,1-4H3. The van der Waals surface area contributed by atoms with Gasteiger partial charge in [-0.25, -0.2) is 0 Å². The van der Waals surface area contributed by atoms with Gasteiger partial charge in [0.25, 0.3) is 5.56 Å². The van der Waals surface area contributed by atoms with E-state index in [0.717, 1.165) is 5.69 Å². The van der Waals surface area contributed by atoms with Crippen molar-refractivity contribution in [2.45, 2.75) is 19.4 Å². The zero-order valence-electron chi connectivity index (χ0n) is 19.3. The van der Waals surface area contributed by atoms with E-state index in [-0.39, 0.29) is 34.9 Å². The van der Waals surface area contributed by atoms with Crippen LogP contribution in [0.25, 0.3) is 0 Å². The number of benzene rings is 1. The van der Waals surface area contributed by atoms with Crippen molar-refractivity contribution in [3.05, 3.63) is 86.9 Å². The lowest BCUT2D eigenvalue weighted by Crippen LogP contribution is -2.33. The molecule has 1 aliphatic rings. The summed E-state index contributed by atoms with van der Waals surface area (Å²) in [5, 5.41) is 9.98. The second-order valence-corrected chi connectivity index (χ2v) is 7.62. The van der Waals surface area contributed by atoms with Gasteiger partial charge in [-0.1, -0.05) is 12.1 Å². The van der Waals surface area contributed by atoms with Gasteiger partial charge in [0.05, 0.1) is 45.0 Å². The quantitative estimate of drug-likeness (QED) is 0.596. The van der Waals surface area contributed by atoms with E-state index in [9.17, 15) is 10.1 Å². The molecule has 34 heavy (non-hydrogen) atoms. The van der Waals surface area contributed by atoms with E-state index >= 15 is 0 Å². The Labute approximate surface area is 196 Å². The molecule has 0 bridgehead atoms. The zero-order chi connectivity index (χ0) is 24.4. The Morgan fingerprint density at radius 2 is 1.91 bits per heavy atom. The van der Waals surface area contributed by atoms with Gasteiger partial charge in [-0.3, -0.25) is 9.78 Å². The summed E-state index contributed by atoms with van der Waals surface area (Å²) in [6.45, 7) is 2.06. The number of methoxy groups -OCH3 is 3. The third-order valence-corrected chi connectivity index (χ3v) is 5.78. The van der Waals surface area contributed by atoms with Crippen molar-refractivity contribution in [2.75, 3.05) is 21.3 Å². The first kappa shape index (κ1) is 22.7. The van der Waals surface area contributed by atoms with E-state index in [2.05, 4.69) is 11.1 Å². The molecule has 3 aromatic rings. The van der Waals surface area contributed by atoms with Crippen LogP contribution in [0.1, 0.15) is 28.4 Å². The van der Waals surface area contributed by atoms with Crippen LogP contribution in [-0.2, 0) is 6.54 Å². The van der Waals surface area contributed by atoms with Gasteiger partial charge in [0.2, 0.25) is 11.6 Å². The van der Waals surface area contributed by atoms with Crippen molar-refractivity contribution >= 4 is 0 Å². The molecule has 4 rings (SSSR count). The van der Waals surface area contributed by atoms with Crippen LogP contribution < -0.4 is 30.2 Å². The number of rotatable bonds is 6. The summed E-state index contributed by atoms with van der Waals surface area (Å²) < 4.78 is 23.9. The molecule has 0 aliphatic carbocycles. The van der Waals surface area contributed by atoms with Crippen LogP contribution in [0.15, 0.2) is 58.8 Å². The Kier molecular flexibility index (Phi) is 6.15. The Bertz CT molecular complexity index is 1370. The molecular formula is C25H24N4O5. The van der Waals surface area contributed by atoms with Crippen molar-refractivity contribution in [2.24, 2.45) is 5.73 Å². The van der Waals surface area contributed by atoms with Crippen molar-refractivity contribution in [1.29, 1.82) is 5.26 Å². The van der Waals surface area contributed by atoms with Crippen LogP contribution in [0.2, 0.25) is 0 Å². The number of hydrogen-bond acceptors (Lipinski definition) is 8. The molecule has 0 spiro atoms. The highest BCUT2D eigenvalue weighted by Crippen LogP contribution is 2.48. The van der Waals surface area contributed by atoms with E-state index < -0.39 is 5.92 Å². The number of nitrogens with two attached hydrogens (primary N) is 1. The molecule has 9 nitrogen and oxygen atoms in total. The number of hydrogen-bond donors (Lipinski definition) is 1. The zero-order valence-corrected chi connectivity index (χ0v) is 19.3. The minimum atomic E-state index is -0.841. The molecule has 0 radical (unpaired) electrons. The fourth-order valence-corrected chi connectivity index (χ4v) is 4.20. The molecule has 9 heteroatoms. The number of ether oxygens (including phenoxy) is 4. The molecule has 0 saturated heterocycles. The largest absolute Gasteiger partial charge is 0.493 e. The van der Waals surface area contributed by atoms with E-state index in [1.54, 1.807) is 35.9 Å². The highest BCUT2D eigenvalue weighted by atomic mass is 16.5. The van der Waals surface area contributed by atoms with Gasteiger partial charge in [-0.05, 0) is 25.1 Å². The first-order chi connectivity index (χ1) is 16.4. The maximum Gasteiger partial charge on any atom is 0.259 e. The van der Waals surface area contributed by atoms with Crippen LogP contribution in [0.5, 0.6) is 23.0 Å². The average molecular weight is 460 g/mol. The van der Waals surface area contributed by atoms with E-state index in [4.69, 9.17) is 24.7 Å². The van der Waals surface area contributed by atoms with Gasteiger partial charge < -0.3 is 29.2 Å². The van der Waals surface area contributed by atoms with Crippen LogP contribution in [0, 0.1) is 18.3 Å². The number of aromatic nitrogens is 2. The molecule has 0 saturated carbocycles. The maximum atomic E-state index is 13.9. The summed E-state index contributed by atoms with van der Waals surface area (Å²) in [4.78, 5) is 18.2. The van der Waals surface area contributed by atoms with E-state index in [1.165, 1.54) is 21.3 Å². The monoisotopic (exact) mass is 460 g/mol. The van der Waals surface area contributed by atoms with Gasteiger partial charge in [-0.15, -0.1) is 0 Å². The molecule has 1 unspecified atom stereocenters. The summed E-state index contributed by atoms with van der Waals surface area (Å²) in [7, 11) is 4.48. The van der Waals surface area contributed by atoms with Crippen LogP contribution >= 0.6 is 0 Å². The van der Waals surface area contributed by atoms with Crippen molar-refractivity contribution in [3.8, 4) is 29.1 Å². The van der Waals surface area contributed by atoms with Gasteiger partial charge in [0, 0.05) is 23.5 Å². The van der Waals surface area contributed by atoms with Crippen LogP contribution in [-0.4, -0.2) is 30.9 Å². The van der Waals surface area contributed by atoms with Gasteiger partial charge >= 0.3 is 0 Å². The molecular weight excluding hydrogens is 436 g/mol. The number of nitrogens with zero attached hydrogens (tertiary/aromatic N) is 3. The first-order valence-electron chi connectivity index (χ1n) is 10.5. The topological polar surface area (TPSA) is 122 Å². The van der Waals surface area contributed by atoms with Gasteiger partial charge in [0.1, 0.15) is 17.4 Å². The normalized spacial score (nSPS) is 14.6. The average Bonchev–Trinajstić information content (AvgIpc) is 2.85. The number of allylic oxidation sites excluding steroid dienone is 1. The fraction of sp³-hybridized carbons (Fsp3) is 0.240. The van der Waals surface area contributed by atoms with Crippen molar-refractivity contribution < 1.29 is 18.9 Å². The Morgan fingerprint density at radius 1 is 1.15 bits per heavy atom. The number of aryl methyl sites for hydroxylation is 1. The molecule has 174 valence electrons. The maximum absolute atomic E-state index is 13.9. The van der Waals surface area contributed by atoms with Crippen molar-refractivity contribution in [3.63, 3.8) is 0 Å². The predicted octanol–water partition coefficient (Wildman–Crippen LogP) is 2.84. The highest BCUT2D eigenvalue weighted by molar-refractivity contribution is 5.64. The molecule has 1 aromatic carbocycles. The molecule has 1 aliphatic heterocycles. The molecule has 1 atom stereocenters. The number of nitriles is 1. The van der Waals surface area contributed by atoms with Crippen LogP contribution in [0.4, 0.5) is 0 Å². The van der Waals surface area contributed by atoms with Crippen molar-refractivity contribution in [1.82, 2.24) is 9.55 Å². The predicted molar refractivity (Wildman–Crippen MR) is 124 cm³/mol. The van der Waals surface area contributed by atoms with Gasteiger partial charge in [0.15, 0.2) is 11.5 Å². The summed E-state index contributed by atoms with van der Waals surface area (Å²) >= 11 is 0. The highest BCUT2D eigenvalue weighted by Gasteiger charge is 2.37. The first-order valence-corrected chi connectivity index (χ1v) is 10.5. The smallest absolute Gasteiger partial charge is 0.259 e. The van der Waals surface area contributed by atoms with Gasteiger partial charge in [-0.2, -0.15) is 5.26 Å². The van der Waals surface area contributed by atoms with E-state index in [1.807, 2.05) is 18.2 Å². The number of pyridine rings is 2.